The summed E-state index contributed by atoms with van der Waals surface area (Å²) in [4.78, 5) is 24.8. The average Bonchev–Trinajstić information content (AvgIpc) is 3.30. The van der Waals surface area contributed by atoms with Crippen molar-refractivity contribution in [2.24, 2.45) is 0 Å². The highest BCUT2D eigenvalue weighted by molar-refractivity contribution is 5.90. The maximum absolute atomic E-state index is 12.5. The number of ether oxygens (including phenoxy) is 5. The van der Waals surface area contributed by atoms with Gasteiger partial charge in [-0.3, -0.25) is 4.79 Å². The molecule has 0 aliphatic carbocycles. The Morgan fingerprint density at radius 3 is 2.26 bits per heavy atom. The minimum Gasteiger partial charge on any atom is -0.496 e. The lowest BCUT2D eigenvalue weighted by Gasteiger charge is -2.14. The molecular weight excluding hydrogens is 442 g/mol. The Hall–Kier alpha value is -4.21. The van der Waals surface area contributed by atoms with Gasteiger partial charge >= 0.3 is 5.97 Å². The number of nitrogens with one attached hydrogen (secondary N) is 1. The van der Waals surface area contributed by atoms with Gasteiger partial charge in [0.05, 0.1) is 39.8 Å². The highest BCUT2D eigenvalue weighted by atomic mass is 16.5. The molecule has 0 radical (unpaired) electrons. The molecule has 0 bridgehead atoms. The molecule has 1 amide bonds. The van der Waals surface area contributed by atoms with Crippen molar-refractivity contribution >= 4 is 11.9 Å². The Labute approximate surface area is 197 Å². The lowest BCUT2D eigenvalue weighted by atomic mass is 10.1. The zero-order valence-corrected chi connectivity index (χ0v) is 19.5. The zero-order valence-electron chi connectivity index (χ0n) is 19.5. The number of hydrogen-bond acceptors (Lipinski definition) is 8. The van der Waals surface area contributed by atoms with Crippen molar-refractivity contribution in [2.45, 2.75) is 13.5 Å². The molecule has 0 unspecified atom stereocenters. The second-order valence-corrected chi connectivity index (χ2v) is 6.93. The molecule has 0 fully saturated rings. The molecule has 10 heteroatoms. The van der Waals surface area contributed by atoms with Crippen molar-refractivity contribution in [1.82, 2.24) is 15.1 Å². The summed E-state index contributed by atoms with van der Waals surface area (Å²) in [6.45, 7) is 1.72. The van der Waals surface area contributed by atoms with Crippen LogP contribution in [0.15, 0.2) is 48.7 Å². The second kappa shape index (κ2) is 11.6. The predicted molar refractivity (Wildman–Crippen MR) is 123 cm³/mol. The molecule has 0 spiro atoms. The van der Waals surface area contributed by atoms with Crippen molar-refractivity contribution in [2.75, 3.05) is 34.5 Å². The summed E-state index contributed by atoms with van der Waals surface area (Å²) >= 11 is 0. The van der Waals surface area contributed by atoms with Crippen LogP contribution in [-0.2, 0) is 16.1 Å². The molecule has 34 heavy (non-hydrogen) atoms. The molecule has 1 heterocycles. The van der Waals surface area contributed by atoms with Crippen LogP contribution in [0.25, 0.3) is 5.69 Å². The van der Waals surface area contributed by atoms with Crippen molar-refractivity contribution in [3.63, 3.8) is 0 Å². The molecule has 0 saturated carbocycles. The van der Waals surface area contributed by atoms with Crippen molar-refractivity contribution in [3.05, 3.63) is 59.9 Å². The maximum atomic E-state index is 12.5. The van der Waals surface area contributed by atoms with Gasteiger partial charge in [0.1, 0.15) is 5.75 Å². The number of hydrogen-bond donors (Lipinski definition) is 1. The summed E-state index contributed by atoms with van der Waals surface area (Å²) in [5.41, 5.74) is 1.41. The first-order chi connectivity index (χ1) is 16.5. The fraction of sp³-hybridized carbons (Fsp3) is 0.292. The van der Waals surface area contributed by atoms with E-state index in [0.717, 1.165) is 5.69 Å². The summed E-state index contributed by atoms with van der Waals surface area (Å²) in [6, 6.07) is 12.6. The Bertz CT molecular complexity index is 1130. The normalized spacial score (nSPS) is 10.4. The first kappa shape index (κ1) is 24.4. The zero-order chi connectivity index (χ0) is 24.5. The van der Waals surface area contributed by atoms with Crippen molar-refractivity contribution in [3.8, 4) is 28.7 Å². The van der Waals surface area contributed by atoms with E-state index in [1.54, 1.807) is 19.1 Å². The van der Waals surface area contributed by atoms with Crippen LogP contribution >= 0.6 is 0 Å². The fourth-order valence-corrected chi connectivity index (χ4v) is 3.14. The molecule has 2 aromatic carbocycles. The molecule has 0 saturated heterocycles. The van der Waals surface area contributed by atoms with Crippen LogP contribution < -0.4 is 24.3 Å². The molecule has 3 rings (SSSR count). The van der Waals surface area contributed by atoms with Crippen LogP contribution in [0.2, 0.25) is 0 Å². The first-order valence-electron chi connectivity index (χ1n) is 10.5. The molecule has 180 valence electrons. The minimum absolute atomic E-state index is 0.0138. The van der Waals surface area contributed by atoms with E-state index >= 15 is 0 Å². The van der Waals surface area contributed by atoms with Gasteiger partial charge in [0.2, 0.25) is 5.69 Å². The third kappa shape index (κ3) is 5.77. The summed E-state index contributed by atoms with van der Waals surface area (Å²) in [6.07, 6.45) is 1.53. The van der Waals surface area contributed by atoms with Gasteiger partial charge in [-0.25, -0.2) is 9.48 Å². The van der Waals surface area contributed by atoms with E-state index < -0.39 is 11.9 Å². The Balaban J connectivity index is 1.70. The number of benzene rings is 2. The Morgan fingerprint density at radius 1 is 0.941 bits per heavy atom. The van der Waals surface area contributed by atoms with Crippen LogP contribution in [0.1, 0.15) is 23.0 Å². The highest BCUT2D eigenvalue weighted by Crippen LogP contribution is 2.34. The largest absolute Gasteiger partial charge is 0.496 e. The number of carbonyl (C=O) groups is 2. The first-order valence-corrected chi connectivity index (χ1v) is 10.5. The number of methoxy groups -OCH3 is 3. The van der Waals surface area contributed by atoms with E-state index in [1.807, 2.05) is 30.3 Å². The van der Waals surface area contributed by atoms with E-state index in [4.69, 9.17) is 23.7 Å². The third-order valence-corrected chi connectivity index (χ3v) is 4.79. The number of esters is 1. The smallest absolute Gasteiger partial charge is 0.362 e. The molecule has 10 nitrogen and oxygen atoms in total. The summed E-state index contributed by atoms with van der Waals surface area (Å²) in [5.74, 6) is 0.659. The molecule has 1 aromatic heterocycles. The van der Waals surface area contributed by atoms with Crippen LogP contribution in [0, 0.1) is 0 Å². The summed E-state index contributed by atoms with van der Waals surface area (Å²) < 4.78 is 28.1. The fourth-order valence-electron chi connectivity index (χ4n) is 3.14. The van der Waals surface area contributed by atoms with Gasteiger partial charge in [-0.05, 0) is 25.1 Å². The number of carbonyl (C=O) groups excluding carboxylic acids is 2. The van der Waals surface area contributed by atoms with Gasteiger partial charge < -0.3 is 29.0 Å². The van der Waals surface area contributed by atoms with Crippen LogP contribution in [0.3, 0.4) is 0 Å². The third-order valence-electron chi connectivity index (χ3n) is 4.79. The lowest BCUT2D eigenvalue weighted by Crippen LogP contribution is -2.28. The quantitative estimate of drug-likeness (QED) is 0.427. The molecule has 1 N–H and O–H groups in total. The summed E-state index contributed by atoms with van der Waals surface area (Å²) in [5, 5.41) is 7.03. The monoisotopic (exact) mass is 469 g/mol. The van der Waals surface area contributed by atoms with Gasteiger partial charge in [0.25, 0.3) is 5.91 Å². The number of rotatable bonds is 11. The van der Waals surface area contributed by atoms with Crippen LogP contribution in [-0.4, -0.2) is 56.2 Å². The molecule has 0 aliphatic heterocycles. The topological polar surface area (TPSA) is 110 Å². The predicted octanol–water partition coefficient (Wildman–Crippen LogP) is 2.77. The average molecular weight is 469 g/mol. The molecule has 0 aliphatic rings. The number of nitrogens with zero attached hydrogens (tertiary/aromatic N) is 2. The van der Waals surface area contributed by atoms with Crippen molar-refractivity contribution in [1.29, 1.82) is 0 Å². The van der Waals surface area contributed by atoms with E-state index in [0.29, 0.717) is 22.8 Å². The van der Waals surface area contributed by atoms with Gasteiger partial charge in [0, 0.05) is 18.2 Å². The SMILES string of the molecule is CCOC(=O)c1nn(-c2ccccc2)cc1OCC(=O)NCc1cc(OC)c(OC)cc1OC. The molecule has 3 aromatic rings. The van der Waals surface area contributed by atoms with Crippen LogP contribution in [0.5, 0.6) is 23.0 Å². The second-order valence-electron chi connectivity index (χ2n) is 6.93. The maximum Gasteiger partial charge on any atom is 0.362 e. The minimum atomic E-state index is -0.636. The molecular formula is C24H27N3O7. The van der Waals surface area contributed by atoms with E-state index in [1.165, 1.54) is 32.2 Å². The standard InChI is InChI=1S/C24H27N3O7/c1-5-33-24(29)23-21(14-27(26-23)17-9-7-6-8-10-17)34-15-22(28)25-13-16-11-19(31-3)20(32-4)12-18(16)30-2/h6-12,14H,5,13,15H2,1-4H3,(H,25,28). The van der Waals surface area contributed by atoms with E-state index in [-0.39, 0.29) is 31.2 Å². The lowest BCUT2D eigenvalue weighted by molar-refractivity contribution is -0.123. The van der Waals surface area contributed by atoms with Gasteiger partial charge in [0.15, 0.2) is 23.9 Å². The van der Waals surface area contributed by atoms with Gasteiger partial charge in [-0.2, -0.15) is 5.10 Å². The van der Waals surface area contributed by atoms with Gasteiger partial charge in [-0.15, -0.1) is 0 Å². The van der Waals surface area contributed by atoms with Crippen molar-refractivity contribution < 1.29 is 33.3 Å². The Kier molecular flexibility index (Phi) is 8.33. The highest BCUT2D eigenvalue weighted by Gasteiger charge is 2.21. The summed E-state index contributed by atoms with van der Waals surface area (Å²) in [7, 11) is 4.58. The van der Waals surface area contributed by atoms with E-state index in [2.05, 4.69) is 10.4 Å². The van der Waals surface area contributed by atoms with E-state index in [9.17, 15) is 9.59 Å². The number of amides is 1. The number of para-hydroxylation sites is 1. The Morgan fingerprint density at radius 2 is 1.62 bits per heavy atom. The molecule has 0 atom stereocenters. The van der Waals surface area contributed by atoms with Crippen LogP contribution in [0.4, 0.5) is 0 Å². The number of aromatic nitrogens is 2. The van der Waals surface area contributed by atoms with Gasteiger partial charge in [-0.1, -0.05) is 18.2 Å².